The molecule has 0 bridgehead atoms. The van der Waals surface area contributed by atoms with E-state index < -0.39 is 0 Å². The molecule has 2 aliphatic carbocycles. The van der Waals surface area contributed by atoms with Crippen LogP contribution in [0.5, 0.6) is 0 Å². The Balaban J connectivity index is 1.59. The zero-order valence-corrected chi connectivity index (χ0v) is 28.1. The lowest BCUT2D eigenvalue weighted by atomic mass is 9.96. The van der Waals surface area contributed by atoms with Crippen molar-refractivity contribution < 1.29 is 0 Å². The Morgan fingerprint density at radius 1 is 1.00 bits per heavy atom. The van der Waals surface area contributed by atoms with Gasteiger partial charge in [0.05, 0.1) is 5.52 Å². The molecule has 3 aromatic rings. The van der Waals surface area contributed by atoms with E-state index in [1.165, 1.54) is 72.4 Å². The molecular formula is C45H47N. The lowest BCUT2D eigenvalue weighted by Gasteiger charge is -2.13. The van der Waals surface area contributed by atoms with Crippen LogP contribution in [0.3, 0.4) is 0 Å². The van der Waals surface area contributed by atoms with Crippen molar-refractivity contribution in [2.24, 2.45) is 0 Å². The Labute approximate surface area is 276 Å². The van der Waals surface area contributed by atoms with E-state index in [4.69, 9.17) is 0 Å². The molecule has 1 heteroatoms. The van der Waals surface area contributed by atoms with Gasteiger partial charge in [0.2, 0.25) is 0 Å². The number of rotatable bonds is 13. The first-order valence-electron chi connectivity index (χ1n) is 16.5. The van der Waals surface area contributed by atoms with Crippen molar-refractivity contribution in [1.82, 2.24) is 4.57 Å². The van der Waals surface area contributed by atoms with Gasteiger partial charge < -0.3 is 4.57 Å². The SMILES string of the molecule is C=C/C=C(\C=C(/C)C(=C)CC/C=C\CC)C1=Cc2c(n(-c3ccccc3)c3ccc(C(/C=C\C)=C/C(=C)C4=C(C)C=CC4)cc23)C1. The molecule has 0 N–H and O–H groups in total. The minimum Gasteiger partial charge on any atom is -0.313 e. The van der Waals surface area contributed by atoms with Crippen molar-refractivity contribution in [3.05, 3.63) is 185 Å². The van der Waals surface area contributed by atoms with Crippen molar-refractivity contribution in [3.8, 4) is 5.69 Å². The fourth-order valence-corrected chi connectivity index (χ4v) is 6.48. The molecule has 0 spiro atoms. The molecule has 2 aromatic carbocycles. The smallest absolute Gasteiger partial charge is 0.0538 e. The standard InChI is InChI=1S/C45H47N/c1-8-11-12-14-20-32(4)34(6)27-37(19-10-3)39-30-43-42-29-38(36(18-9-2)28-35(7)41-24-17-21-33(41)5)25-26-44(42)46(45(43)31-39)40-22-15-13-16-23-40/h9-13,15-19,21-23,25-30H,3-4,7-8,14,20,24,31H2,1-2,5-6H3/b12-11-,18-9-,34-27+,36-28+,37-19+. The largest absolute Gasteiger partial charge is 0.313 e. The second kappa shape index (κ2) is 14.9. The van der Waals surface area contributed by atoms with Crippen LogP contribution in [0, 0.1) is 0 Å². The monoisotopic (exact) mass is 601 g/mol. The van der Waals surface area contributed by atoms with Crippen molar-refractivity contribution in [2.75, 3.05) is 0 Å². The first kappa shape index (κ1) is 32.5. The van der Waals surface area contributed by atoms with Crippen molar-refractivity contribution in [3.63, 3.8) is 0 Å². The van der Waals surface area contributed by atoms with Gasteiger partial charge in [-0.1, -0.05) is 111 Å². The molecule has 1 nitrogen and oxygen atoms in total. The Morgan fingerprint density at radius 3 is 2.50 bits per heavy atom. The summed E-state index contributed by atoms with van der Waals surface area (Å²) in [5.41, 5.74) is 16.0. The van der Waals surface area contributed by atoms with Gasteiger partial charge in [-0.2, -0.15) is 0 Å². The van der Waals surface area contributed by atoms with Crippen molar-refractivity contribution in [2.45, 2.75) is 59.8 Å². The molecular weight excluding hydrogens is 555 g/mol. The average molecular weight is 602 g/mol. The van der Waals surface area contributed by atoms with Crippen molar-refractivity contribution in [1.29, 1.82) is 0 Å². The van der Waals surface area contributed by atoms with Crippen LogP contribution in [-0.4, -0.2) is 4.57 Å². The van der Waals surface area contributed by atoms with Crippen LogP contribution in [0.4, 0.5) is 0 Å². The molecule has 0 atom stereocenters. The van der Waals surface area contributed by atoms with Gasteiger partial charge in [-0.05, 0) is 127 Å². The van der Waals surface area contributed by atoms with E-state index in [1.54, 1.807) is 0 Å². The van der Waals surface area contributed by atoms with Crippen LogP contribution in [0.2, 0.25) is 0 Å². The van der Waals surface area contributed by atoms with Gasteiger partial charge in [0.15, 0.2) is 0 Å². The lowest BCUT2D eigenvalue weighted by molar-refractivity contribution is 0.978. The minimum atomic E-state index is 0.845. The molecule has 0 fully saturated rings. The average Bonchev–Trinajstić information content (AvgIpc) is 3.76. The molecule has 0 saturated carbocycles. The third-order valence-electron chi connectivity index (χ3n) is 8.98. The fourth-order valence-electron chi connectivity index (χ4n) is 6.48. The van der Waals surface area contributed by atoms with Gasteiger partial charge >= 0.3 is 0 Å². The Kier molecular flexibility index (Phi) is 10.6. The fraction of sp³-hybridized carbons (Fsp3) is 0.200. The minimum absolute atomic E-state index is 0.845. The van der Waals surface area contributed by atoms with Crippen LogP contribution < -0.4 is 0 Å². The molecule has 0 saturated heterocycles. The van der Waals surface area contributed by atoms with E-state index in [1.807, 2.05) is 6.08 Å². The van der Waals surface area contributed by atoms with Gasteiger partial charge in [-0.15, -0.1) is 0 Å². The molecule has 0 aliphatic heterocycles. The van der Waals surface area contributed by atoms with E-state index in [0.717, 1.165) is 37.7 Å². The number of fused-ring (bicyclic) bond motifs is 3. The summed E-state index contributed by atoms with van der Waals surface area (Å²) in [5.74, 6) is 0. The van der Waals surface area contributed by atoms with Gasteiger partial charge in [-0.25, -0.2) is 0 Å². The highest BCUT2D eigenvalue weighted by molar-refractivity contribution is 5.98. The molecule has 2 aliphatic rings. The van der Waals surface area contributed by atoms with E-state index in [2.05, 4.69) is 161 Å². The predicted octanol–water partition coefficient (Wildman–Crippen LogP) is 12.7. The predicted molar refractivity (Wildman–Crippen MR) is 203 cm³/mol. The van der Waals surface area contributed by atoms with Gasteiger partial charge in [0.1, 0.15) is 0 Å². The first-order valence-corrected chi connectivity index (χ1v) is 16.5. The van der Waals surface area contributed by atoms with Gasteiger partial charge in [0.25, 0.3) is 0 Å². The maximum absolute atomic E-state index is 4.45. The molecule has 0 unspecified atom stereocenters. The van der Waals surface area contributed by atoms with Crippen LogP contribution in [-0.2, 0) is 6.42 Å². The summed E-state index contributed by atoms with van der Waals surface area (Å²) in [4.78, 5) is 0. The maximum atomic E-state index is 4.45. The van der Waals surface area contributed by atoms with Crippen molar-refractivity contribution >= 4 is 22.6 Å². The molecule has 5 rings (SSSR count). The summed E-state index contributed by atoms with van der Waals surface area (Å²) in [6.07, 6.45) is 29.0. The summed E-state index contributed by atoms with van der Waals surface area (Å²) in [6.45, 7) is 21.5. The maximum Gasteiger partial charge on any atom is 0.0538 e. The van der Waals surface area contributed by atoms with Crippen LogP contribution >= 0.6 is 0 Å². The number of allylic oxidation sites excluding steroid dienone is 18. The molecule has 1 heterocycles. The molecule has 0 radical (unpaired) electrons. The Hall–Kier alpha value is -4.88. The number of hydrogen-bond acceptors (Lipinski definition) is 0. The molecule has 232 valence electrons. The number of benzene rings is 2. The van der Waals surface area contributed by atoms with Crippen LogP contribution in [0.1, 0.15) is 70.2 Å². The lowest BCUT2D eigenvalue weighted by Crippen LogP contribution is -2.01. The van der Waals surface area contributed by atoms with Gasteiger partial charge in [0, 0.05) is 28.8 Å². The topological polar surface area (TPSA) is 4.93 Å². The summed E-state index contributed by atoms with van der Waals surface area (Å²) < 4.78 is 2.44. The van der Waals surface area contributed by atoms with E-state index in [0.29, 0.717) is 0 Å². The molecule has 0 amide bonds. The second-order valence-corrected chi connectivity index (χ2v) is 12.2. The first-order chi connectivity index (χ1) is 22.4. The highest BCUT2D eigenvalue weighted by Gasteiger charge is 2.25. The summed E-state index contributed by atoms with van der Waals surface area (Å²) >= 11 is 0. The number of hydrogen-bond donors (Lipinski definition) is 0. The second-order valence-electron chi connectivity index (χ2n) is 12.2. The summed E-state index contributed by atoms with van der Waals surface area (Å²) in [7, 11) is 0. The van der Waals surface area contributed by atoms with Gasteiger partial charge in [-0.3, -0.25) is 0 Å². The number of aromatic nitrogens is 1. The number of nitrogens with zero attached hydrogens (tertiary/aromatic N) is 1. The van der Waals surface area contributed by atoms with Crippen LogP contribution in [0.15, 0.2) is 168 Å². The number of para-hydroxylation sites is 1. The quantitative estimate of drug-likeness (QED) is 0.136. The van der Waals surface area contributed by atoms with E-state index >= 15 is 0 Å². The van der Waals surface area contributed by atoms with Crippen LogP contribution in [0.25, 0.3) is 28.2 Å². The highest BCUT2D eigenvalue weighted by atomic mass is 15.0. The third kappa shape index (κ3) is 7.00. The van der Waals surface area contributed by atoms with E-state index in [9.17, 15) is 0 Å². The highest BCUT2D eigenvalue weighted by Crippen LogP contribution is 2.41. The third-order valence-corrected chi connectivity index (χ3v) is 8.98. The molecule has 46 heavy (non-hydrogen) atoms. The summed E-state index contributed by atoms with van der Waals surface area (Å²) in [6, 6.07) is 17.6. The Morgan fingerprint density at radius 2 is 1.80 bits per heavy atom. The summed E-state index contributed by atoms with van der Waals surface area (Å²) in [5, 5.41) is 1.26. The zero-order chi connectivity index (χ0) is 32.6. The zero-order valence-electron chi connectivity index (χ0n) is 28.1. The normalized spacial score (nSPS) is 15.5. The van der Waals surface area contributed by atoms with E-state index in [-0.39, 0.29) is 0 Å². The Bertz CT molecular complexity index is 1910. The molecule has 1 aromatic heterocycles.